The van der Waals surface area contributed by atoms with Crippen molar-refractivity contribution < 1.29 is 15.0 Å². The van der Waals surface area contributed by atoms with Crippen LogP contribution in [0.2, 0.25) is 0 Å². The molecule has 1 fully saturated rings. The van der Waals surface area contributed by atoms with E-state index in [2.05, 4.69) is 11.8 Å². The number of carbonyl (C=O) groups is 1. The fraction of sp³-hybridized carbons (Fsp3) is 0.611. The van der Waals surface area contributed by atoms with Crippen molar-refractivity contribution in [3.63, 3.8) is 0 Å². The Balaban J connectivity index is 2.06. The molecule has 4 nitrogen and oxygen atoms in total. The Morgan fingerprint density at radius 3 is 2.50 bits per heavy atom. The molecule has 22 heavy (non-hydrogen) atoms. The largest absolute Gasteiger partial charge is 0.504 e. The molecule has 0 spiro atoms. The van der Waals surface area contributed by atoms with E-state index in [0.29, 0.717) is 11.1 Å². The van der Waals surface area contributed by atoms with E-state index >= 15 is 0 Å². The number of rotatable bonds is 3. The summed E-state index contributed by atoms with van der Waals surface area (Å²) in [5, 5.41) is 20.1. The number of likely N-dealkylation sites (N-methyl/N-ethyl adjacent to an activating group) is 1. The minimum absolute atomic E-state index is 0.0558. The number of fused-ring (bicyclic) bond motifs is 1. The lowest BCUT2D eigenvalue weighted by molar-refractivity contribution is 0.0644. The fourth-order valence-corrected chi connectivity index (χ4v) is 3.85. The predicted octanol–water partition coefficient (Wildman–Crippen LogP) is 2.92. The van der Waals surface area contributed by atoms with Crippen LogP contribution in [0.15, 0.2) is 12.1 Å². The summed E-state index contributed by atoms with van der Waals surface area (Å²) in [6.45, 7) is 7.11. The Hall–Kier alpha value is -1.55. The SMILES string of the molecule is C[C@H]1C(N(C)CC2CC2)C(=O)c2ccc(O)c(O)c2C1(C)C. The molecule has 4 heteroatoms. The maximum Gasteiger partial charge on any atom is 0.180 e. The summed E-state index contributed by atoms with van der Waals surface area (Å²) in [4.78, 5) is 15.2. The van der Waals surface area contributed by atoms with Gasteiger partial charge >= 0.3 is 0 Å². The molecule has 0 aliphatic heterocycles. The van der Waals surface area contributed by atoms with E-state index in [0.717, 1.165) is 12.5 Å². The normalized spacial score (nSPS) is 27.0. The number of phenols is 2. The van der Waals surface area contributed by atoms with Gasteiger partial charge in [-0.15, -0.1) is 0 Å². The summed E-state index contributed by atoms with van der Waals surface area (Å²) >= 11 is 0. The molecule has 0 amide bonds. The zero-order valence-electron chi connectivity index (χ0n) is 13.8. The van der Waals surface area contributed by atoms with E-state index in [1.54, 1.807) is 6.07 Å². The van der Waals surface area contributed by atoms with Gasteiger partial charge in [-0.25, -0.2) is 0 Å². The average Bonchev–Trinajstić information content (AvgIpc) is 3.23. The maximum absolute atomic E-state index is 13.0. The van der Waals surface area contributed by atoms with E-state index in [1.807, 2.05) is 20.9 Å². The number of carbonyl (C=O) groups excluding carboxylic acids is 1. The molecule has 1 saturated carbocycles. The van der Waals surface area contributed by atoms with Gasteiger partial charge in [0.25, 0.3) is 0 Å². The van der Waals surface area contributed by atoms with E-state index in [1.165, 1.54) is 18.9 Å². The molecular weight excluding hydrogens is 278 g/mol. The average molecular weight is 303 g/mol. The predicted molar refractivity (Wildman–Crippen MR) is 85.4 cm³/mol. The molecule has 0 saturated heterocycles. The second-order valence-electron chi connectivity index (χ2n) is 7.56. The summed E-state index contributed by atoms with van der Waals surface area (Å²) in [6, 6.07) is 2.89. The molecule has 0 radical (unpaired) electrons. The van der Waals surface area contributed by atoms with E-state index in [-0.39, 0.29) is 34.7 Å². The summed E-state index contributed by atoms with van der Waals surface area (Å²) in [5.41, 5.74) is 0.751. The number of ketones is 1. The second kappa shape index (κ2) is 4.98. The molecule has 1 aromatic rings. The van der Waals surface area contributed by atoms with Gasteiger partial charge in [0.2, 0.25) is 0 Å². The molecule has 3 rings (SSSR count). The van der Waals surface area contributed by atoms with E-state index in [4.69, 9.17) is 0 Å². The van der Waals surface area contributed by atoms with Crippen LogP contribution in [0, 0.1) is 11.8 Å². The summed E-state index contributed by atoms with van der Waals surface area (Å²) in [5.74, 6) is 0.537. The highest BCUT2D eigenvalue weighted by molar-refractivity contribution is 6.04. The maximum atomic E-state index is 13.0. The smallest absolute Gasteiger partial charge is 0.180 e. The molecule has 2 atom stereocenters. The first-order valence-corrected chi connectivity index (χ1v) is 8.05. The third-order valence-corrected chi connectivity index (χ3v) is 5.66. The Kier molecular flexibility index (Phi) is 3.48. The summed E-state index contributed by atoms with van der Waals surface area (Å²) in [7, 11) is 2.03. The Morgan fingerprint density at radius 1 is 1.27 bits per heavy atom. The molecule has 120 valence electrons. The zero-order chi connectivity index (χ0) is 16.2. The first kappa shape index (κ1) is 15.3. The topological polar surface area (TPSA) is 60.8 Å². The molecule has 2 aliphatic rings. The lowest BCUT2D eigenvalue weighted by Crippen LogP contribution is -2.53. The Labute approximate surface area is 131 Å². The minimum Gasteiger partial charge on any atom is -0.504 e. The molecule has 1 aromatic carbocycles. The molecule has 0 bridgehead atoms. The zero-order valence-corrected chi connectivity index (χ0v) is 13.8. The number of phenolic OH excluding ortho intramolecular Hbond substituents is 2. The highest BCUT2D eigenvalue weighted by atomic mass is 16.3. The monoisotopic (exact) mass is 303 g/mol. The van der Waals surface area contributed by atoms with Crippen molar-refractivity contribution in [3.8, 4) is 11.5 Å². The third-order valence-electron chi connectivity index (χ3n) is 5.66. The van der Waals surface area contributed by atoms with Gasteiger partial charge in [0.05, 0.1) is 6.04 Å². The standard InChI is InChI=1S/C18H25NO3/c1-10-15(19(4)9-11-5-6-11)16(21)12-7-8-13(20)17(22)14(12)18(10,2)3/h7-8,10-11,15,20,22H,5-6,9H2,1-4H3/t10-,15?/m0/s1. The second-order valence-corrected chi connectivity index (χ2v) is 7.56. The number of hydrogen-bond donors (Lipinski definition) is 2. The van der Waals surface area contributed by atoms with Crippen molar-refractivity contribution >= 4 is 5.78 Å². The van der Waals surface area contributed by atoms with Crippen LogP contribution < -0.4 is 0 Å². The quantitative estimate of drug-likeness (QED) is 0.843. The van der Waals surface area contributed by atoms with Crippen molar-refractivity contribution in [2.24, 2.45) is 11.8 Å². The molecule has 1 unspecified atom stereocenters. The Bertz CT molecular complexity index is 619. The molecule has 0 heterocycles. The van der Waals surface area contributed by atoms with Crippen molar-refractivity contribution in [1.82, 2.24) is 4.90 Å². The fourth-order valence-electron chi connectivity index (χ4n) is 3.85. The Morgan fingerprint density at radius 2 is 1.91 bits per heavy atom. The number of nitrogens with zero attached hydrogens (tertiary/aromatic N) is 1. The van der Waals surface area contributed by atoms with Crippen molar-refractivity contribution in [2.45, 2.75) is 45.1 Å². The van der Waals surface area contributed by atoms with Gasteiger partial charge in [0, 0.05) is 17.7 Å². The number of hydrogen-bond acceptors (Lipinski definition) is 4. The molecule has 2 N–H and O–H groups in total. The summed E-state index contributed by atoms with van der Waals surface area (Å²) < 4.78 is 0. The molecule has 2 aliphatic carbocycles. The first-order chi connectivity index (χ1) is 10.2. The van der Waals surface area contributed by atoms with Crippen LogP contribution in [0.3, 0.4) is 0 Å². The van der Waals surface area contributed by atoms with Gasteiger partial charge < -0.3 is 10.2 Å². The number of benzene rings is 1. The van der Waals surface area contributed by atoms with Crippen molar-refractivity contribution in [2.75, 3.05) is 13.6 Å². The van der Waals surface area contributed by atoms with Crippen molar-refractivity contribution in [3.05, 3.63) is 23.3 Å². The molecular formula is C18H25NO3. The van der Waals surface area contributed by atoms with Crippen LogP contribution in [-0.2, 0) is 5.41 Å². The van der Waals surface area contributed by atoms with Crippen LogP contribution in [0.1, 0.15) is 49.5 Å². The van der Waals surface area contributed by atoms with Crippen LogP contribution >= 0.6 is 0 Å². The van der Waals surface area contributed by atoms with Gasteiger partial charge in [0.1, 0.15) is 0 Å². The van der Waals surface area contributed by atoms with Crippen LogP contribution in [0.5, 0.6) is 11.5 Å². The number of aromatic hydroxyl groups is 2. The summed E-state index contributed by atoms with van der Waals surface area (Å²) in [6.07, 6.45) is 2.52. The van der Waals surface area contributed by atoms with Gasteiger partial charge in [0.15, 0.2) is 17.3 Å². The van der Waals surface area contributed by atoms with Crippen LogP contribution in [0.4, 0.5) is 0 Å². The molecule has 0 aromatic heterocycles. The third kappa shape index (κ3) is 2.21. The van der Waals surface area contributed by atoms with Gasteiger partial charge in [-0.2, -0.15) is 0 Å². The first-order valence-electron chi connectivity index (χ1n) is 8.05. The lowest BCUT2D eigenvalue weighted by Gasteiger charge is -2.46. The van der Waals surface area contributed by atoms with Gasteiger partial charge in [-0.1, -0.05) is 20.8 Å². The van der Waals surface area contributed by atoms with E-state index in [9.17, 15) is 15.0 Å². The van der Waals surface area contributed by atoms with Crippen molar-refractivity contribution in [1.29, 1.82) is 0 Å². The highest BCUT2D eigenvalue weighted by Crippen LogP contribution is 2.49. The number of Topliss-reactive ketones (excluding diaryl/α,β-unsaturated/α-hetero) is 1. The highest BCUT2D eigenvalue weighted by Gasteiger charge is 2.48. The van der Waals surface area contributed by atoms with Gasteiger partial charge in [-0.3, -0.25) is 9.69 Å². The minimum atomic E-state index is -0.380. The van der Waals surface area contributed by atoms with Crippen LogP contribution in [0.25, 0.3) is 0 Å². The lowest BCUT2D eigenvalue weighted by atomic mass is 9.63. The van der Waals surface area contributed by atoms with Gasteiger partial charge in [-0.05, 0) is 49.3 Å². The van der Waals surface area contributed by atoms with E-state index < -0.39 is 0 Å². The van der Waals surface area contributed by atoms with Crippen LogP contribution in [-0.4, -0.2) is 40.5 Å².